The van der Waals surface area contributed by atoms with Crippen LogP contribution in [0.15, 0.2) is 53.7 Å². The number of hydrogen-bond acceptors (Lipinski definition) is 8. The summed E-state index contributed by atoms with van der Waals surface area (Å²) in [5.74, 6) is 0.520. The van der Waals surface area contributed by atoms with Crippen LogP contribution in [0.3, 0.4) is 0 Å². The van der Waals surface area contributed by atoms with Crippen molar-refractivity contribution in [1.82, 2.24) is 20.2 Å². The molecular formula is C22H25N5O4S. The third-order valence-electron chi connectivity index (χ3n) is 5.07. The summed E-state index contributed by atoms with van der Waals surface area (Å²) in [7, 11) is 1.80. The number of aromatic nitrogens is 4. The van der Waals surface area contributed by atoms with Gasteiger partial charge in [0.2, 0.25) is 11.1 Å². The molecule has 0 aliphatic carbocycles. The van der Waals surface area contributed by atoms with Gasteiger partial charge in [0.25, 0.3) is 0 Å². The number of nitrogens with zero attached hydrogens (tertiary/aromatic N) is 4. The van der Waals surface area contributed by atoms with Crippen LogP contribution in [-0.2, 0) is 27.9 Å². The zero-order chi connectivity index (χ0) is 22.5. The van der Waals surface area contributed by atoms with Crippen LogP contribution in [0.1, 0.15) is 42.4 Å². The number of ether oxygens (including phenoxy) is 2. The van der Waals surface area contributed by atoms with E-state index in [2.05, 4.69) is 20.8 Å². The summed E-state index contributed by atoms with van der Waals surface area (Å²) in [6, 6.07) is 15.2. The number of rotatable bonds is 7. The maximum absolute atomic E-state index is 11.5. The van der Waals surface area contributed by atoms with Crippen molar-refractivity contribution >= 4 is 23.4 Å². The van der Waals surface area contributed by atoms with Gasteiger partial charge in [-0.25, -0.2) is 4.68 Å². The van der Waals surface area contributed by atoms with Crippen molar-refractivity contribution in [3.8, 4) is 0 Å². The molecule has 32 heavy (non-hydrogen) atoms. The van der Waals surface area contributed by atoms with Crippen molar-refractivity contribution in [2.75, 3.05) is 11.1 Å². The third-order valence-corrected chi connectivity index (χ3v) is 6.22. The minimum atomic E-state index is -0.594. The zero-order valence-corrected chi connectivity index (χ0v) is 18.7. The van der Waals surface area contributed by atoms with E-state index in [1.165, 1.54) is 18.7 Å². The summed E-state index contributed by atoms with van der Waals surface area (Å²) in [5.41, 5.74) is 3.38. The topological polar surface area (TPSA) is 111 Å². The van der Waals surface area contributed by atoms with Crippen LogP contribution in [0.2, 0.25) is 0 Å². The van der Waals surface area contributed by atoms with Crippen LogP contribution in [0, 0.1) is 0 Å². The molecular weight excluding hydrogens is 430 g/mol. The average molecular weight is 456 g/mol. The third kappa shape index (κ3) is 5.52. The average Bonchev–Trinajstić information content (AvgIpc) is 3.22. The molecule has 1 aliphatic rings. The fraction of sp³-hybridized carbons (Fsp3) is 0.364. The number of carbonyl (C=O) groups excluding carboxylic acids is 1. The van der Waals surface area contributed by atoms with Gasteiger partial charge in [0.1, 0.15) is 0 Å². The molecule has 2 heterocycles. The number of amides is 1. The van der Waals surface area contributed by atoms with E-state index in [1.54, 1.807) is 11.7 Å². The summed E-state index contributed by atoms with van der Waals surface area (Å²) in [5, 5.41) is 24.4. The number of carbonyl (C=O) groups is 1. The summed E-state index contributed by atoms with van der Waals surface area (Å²) in [4.78, 5) is 11.5. The Labute approximate surface area is 190 Å². The van der Waals surface area contributed by atoms with Crippen molar-refractivity contribution < 1.29 is 19.4 Å². The number of benzene rings is 2. The Hall–Kier alpha value is -2.79. The molecule has 1 saturated heterocycles. The Kier molecular flexibility index (Phi) is 7.15. The molecule has 0 saturated carbocycles. The Morgan fingerprint density at radius 2 is 2.03 bits per heavy atom. The summed E-state index contributed by atoms with van der Waals surface area (Å²) >= 11 is 1.53. The molecule has 0 radical (unpaired) electrons. The Morgan fingerprint density at radius 1 is 1.22 bits per heavy atom. The van der Waals surface area contributed by atoms with Crippen molar-refractivity contribution in [3.63, 3.8) is 0 Å². The quantitative estimate of drug-likeness (QED) is 0.523. The summed E-state index contributed by atoms with van der Waals surface area (Å²) in [6.45, 7) is 1.47. The second kappa shape index (κ2) is 10.2. The molecule has 1 fully saturated rings. The molecule has 3 aromatic rings. The van der Waals surface area contributed by atoms with E-state index in [1.807, 2.05) is 48.5 Å². The maximum atomic E-state index is 11.5. The van der Waals surface area contributed by atoms with Crippen LogP contribution in [0.5, 0.6) is 0 Å². The lowest BCUT2D eigenvalue weighted by Crippen LogP contribution is -2.31. The number of aliphatic hydroxyl groups is 1. The Bertz CT molecular complexity index is 1060. The standard InChI is InChI=1S/C22H25N5O4S/c1-14(29)23-18-5-3-4-17(10-18)21-30-19(13-32-22-24-25-26-27(22)2)11-20(31-21)16-8-6-15(12-28)7-9-16/h3-10,19-21,28H,11-13H2,1-2H3,(H,23,29)/t19-,20+,21+/m0/s1. The summed E-state index contributed by atoms with van der Waals surface area (Å²) in [6.07, 6.45) is -0.224. The van der Waals surface area contributed by atoms with E-state index in [-0.39, 0.29) is 24.7 Å². The number of anilines is 1. The molecule has 0 unspecified atom stereocenters. The van der Waals surface area contributed by atoms with E-state index < -0.39 is 6.29 Å². The van der Waals surface area contributed by atoms with E-state index in [9.17, 15) is 9.90 Å². The predicted octanol–water partition coefficient (Wildman–Crippen LogP) is 3.00. The first-order chi connectivity index (χ1) is 15.5. The predicted molar refractivity (Wildman–Crippen MR) is 119 cm³/mol. The van der Waals surface area contributed by atoms with Crippen molar-refractivity contribution in [2.24, 2.45) is 7.05 Å². The molecule has 4 rings (SSSR count). The number of aliphatic hydroxyl groups excluding tert-OH is 1. The van der Waals surface area contributed by atoms with E-state index in [0.717, 1.165) is 16.7 Å². The van der Waals surface area contributed by atoms with Gasteiger partial charge in [-0.3, -0.25) is 4.79 Å². The van der Waals surface area contributed by atoms with Gasteiger partial charge in [0.05, 0.1) is 18.8 Å². The molecule has 1 aliphatic heterocycles. The van der Waals surface area contributed by atoms with Gasteiger partial charge in [-0.15, -0.1) is 5.10 Å². The molecule has 2 aromatic carbocycles. The van der Waals surface area contributed by atoms with Crippen molar-refractivity contribution in [2.45, 2.75) is 43.6 Å². The van der Waals surface area contributed by atoms with Gasteiger partial charge in [-0.2, -0.15) is 0 Å². The molecule has 1 amide bonds. The first-order valence-electron chi connectivity index (χ1n) is 10.2. The monoisotopic (exact) mass is 455 g/mol. The molecule has 168 valence electrons. The number of aryl methyl sites for hydroxylation is 1. The molecule has 0 spiro atoms. The SMILES string of the molecule is CC(=O)Nc1cccc([C@@H]2O[C@H](CSc3nnnn3C)C[C@H](c3ccc(CO)cc3)O2)c1. The highest BCUT2D eigenvalue weighted by Crippen LogP contribution is 2.39. The minimum Gasteiger partial charge on any atom is -0.392 e. The highest BCUT2D eigenvalue weighted by atomic mass is 32.2. The molecule has 0 bridgehead atoms. The normalized spacial score (nSPS) is 20.8. The molecule has 10 heteroatoms. The summed E-state index contributed by atoms with van der Waals surface area (Å²) < 4.78 is 14.3. The molecule has 2 N–H and O–H groups in total. The highest BCUT2D eigenvalue weighted by Gasteiger charge is 2.32. The van der Waals surface area contributed by atoms with E-state index in [4.69, 9.17) is 9.47 Å². The molecule has 9 nitrogen and oxygen atoms in total. The fourth-order valence-electron chi connectivity index (χ4n) is 3.50. The van der Waals surface area contributed by atoms with Gasteiger partial charge in [-0.1, -0.05) is 48.2 Å². The van der Waals surface area contributed by atoms with Crippen LogP contribution < -0.4 is 5.32 Å². The lowest BCUT2D eigenvalue weighted by atomic mass is 10.0. The van der Waals surface area contributed by atoms with Gasteiger partial charge >= 0.3 is 0 Å². The number of nitrogens with one attached hydrogen (secondary N) is 1. The highest BCUT2D eigenvalue weighted by molar-refractivity contribution is 7.99. The van der Waals surface area contributed by atoms with E-state index >= 15 is 0 Å². The smallest absolute Gasteiger partial charge is 0.221 e. The maximum Gasteiger partial charge on any atom is 0.221 e. The van der Waals surface area contributed by atoms with Crippen LogP contribution in [-0.4, -0.2) is 43.1 Å². The van der Waals surface area contributed by atoms with Crippen LogP contribution in [0.4, 0.5) is 5.69 Å². The van der Waals surface area contributed by atoms with Gasteiger partial charge < -0.3 is 19.9 Å². The number of hydrogen-bond donors (Lipinski definition) is 2. The first kappa shape index (κ1) is 22.4. The van der Waals surface area contributed by atoms with Gasteiger partial charge in [-0.05, 0) is 33.7 Å². The largest absolute Gasteiger partial charge is 0.392 e. The van der Waals surface area contributed by atoms with Crippen molar-refractivity contribution in [1.29, 1.82) is 0 Å². The fourth-order valence-corrected chi connectivity index (χ4v) is 4.37. The lowest BCUT2D eigenvalue weighted by Gasteiger charge is -2.36. The molecule has 3 atom stereocenters. The van der Waals surface area contributed by atoms with Gasteiger partial charge in [0.15, 0.2) is 6.29 Å². The Balaban J connectivity index is 1.55. The number of tetrazole rings is 1. The van der Waals surface area contributed by atoms with E-state index in [0.29, 0.717) is 23.0 Å². The Morgan fingerprint density at radius 3 is 2.72 bits per heavy atom. The second-order valence-corrected chi connectivity index (χ2v) is 8.54. The van der Waals surface area contributed by atoms with Crippen molar-refractivity contribution in [3.05, 3.63) is 65.2 Å². The van der Waals surface area contributed by atoms with Crippen LogP contribution in [0.25, 0.3) is 0 Å². The number of thioether (sulfide) groups is 1. The minimum absolute atomic E-state index is 0.00151. The first-order valence-corrected chi connectivity index (χ1v) is 11.2. The lowest BCUT2D eigenvalue weighted by molar-refractivity contribution is -0.245. The second-order valence-electron chi connectivity index (χ2n) is 7.55. The zero-order valence-electron chi connectivity index (χ0n) is 17.8. The van der Waals surface area contributed by atoms with Crippen LogP contribution >= 0.6 is 11.8 Å². The molecule has 1 aromatic heterocycles. The van der Waals surface area contributed by atoms with Gasteiger partial charge in [0, 0.05) is 37.4 Å².